The molecule has 9 heteroatoms. The summed E-state index contributed by atoms with van der Waals surface area (Å²) in [6, 6.07) is 0. The fraction of sp³-hybridized carbons (Fsp3) is 0.467. The van der Waals surface area contributed by atoms with Crippen molar-refractivity contribution in [2.75, 3.05) is 5.32 Å². The molecule has 24 heavy (non-hydrogen) atoms. The van der Waals surface area contributed by atoms with Gasteiger partial charge < -0.3 is 14.8 Å². The number of aryl methyl sites for hydroxylation is 1. The monoisotopic (exact) mass is 369 g/mol. The molecule has 0 unspecified atom stereocenters. The molecule has 130 valence electrons. The van der Waals surface area contributed by atoms with Gasteiger partial charge >= 0.3 is 5.97 Å². The molecule has 0 aliphatic heterocycles. The maximum atomic E-state index is 11.9. The van der Waals surface area contributed by atoms with Crippen molar-refractivity contribution in [1.82, 2.24) is 9.97 Å². The van der Waals surface area contributed by atoms with E-state index in [2.05, 4.69) is 15.3 Å². The third-order valence-corrected chi connectivity index (χ3v) is 5.29. The summed E-state index contributed by atoms with van der Waals surface area (Å²) < 4.78 is 6.45. The van der Waals surface area contributed by atoms with Crippen molar-refractivity contribution < 1.29 is 19.1 Å². The van der Waals surface area contributed by atoms with Crippen LogP contribution in [0.2, 0.25) is 0 Å². The molecule has 1 amide bonds. The van der Waals surface area contributed by atoms with Gasteiger partial charge in [0.2, 0.25) is 11.8 Å². The first kappa shape index (κ1) is 18.5. The predicted molar refractivity (Wildman–Crippen MR) is 92.2 cm³/mol. The van der Waals surface area contributed by atoms with E-state index >= 15 is 0 Å². The molecule has 0 fully saturated rings. The van der Waals surface area contributed by atoms with Crippen LogP contribution in [-0.4, -0.2) is 27.0 Å². The molecule has 0 spiro atoms. The zero-order chi connectivity index (χ0) is 17.7. The number of hydrogen-bond acceptors (Lipinski definition) is 7. The normalized spacial score (nSPS) is 11.5. The molecule has 0 saturated heterocycles. The Hall–Kier alpha value is -1.87. The van der Waals surface area contributed by atoms with E-state index in [1.165, 1.54) is 36.9 Å². The molecular weight excluding hydrogens is 350 g/mol. The smallest absolute Gasteiger partial charge is 0.309 e. The molecule has 2 rings (SSSR count). The molecule has 0 aliphatic carbocycles. The van der Waals surface area contributed by atoms with E-state index in [9.17, 15) is 9.59 Å². The van der Waals surface area contributed by atoms with Gasteiger partial charge in [-0.2, -0.15) is 0 Å². The number of nitrogens with zero attached hydrogens (tertiary/aromatic N) is 2. The van der Waals surface area contributed by atoms with Crippen molar-refractivity contribution in [2.45, 2.75) is 43.6 Å². The van der Waals surface area contributed by atoms with Gasteiger partial charge in [-0.1, -0.05) is 18.3 Å². The Morgan fingerprint density at radius 1 is 1.38 bits per heavy atom. The molecule has 2 heterocycles. The highest BCUT2D eigenvalue weighted by Crippen LogP contribution is 2.31. The lowest BCUT2D eigenvalue weighted by Crippen LogP contribution is -2.29. The molecule has 2 aromatic heterocycles. The number of aliphatic carboxylic acids is 1. The maximum Gasteiger partial charge on any atom is 0.309 e. The number of carboxylic acid groups (broad SMARTS) is 1. The topological polar surface area (TPSA) is 105 Å². The molecule has 0 aromatic carbocycles. The van der Waals surface area contributed by atoms with Crippen molar-refractivity contribution >= 4 is 40.1 Å². The Balaban J connectivity index is 1.86. The van der Waals surface area contributed by atoms with Gasteiger partial charge in [-0.15, -0.1) is 11.8 Å². The lowest BCUT2D eigenvalue weighted by atomic mass is 9.89. The van der Waals surface area contributed by atoms with E-state index in [0.29, 0.717) is 16.8 Å². The SMILES string of the molecule is CCc1cnc(CSc2cnc(NC(=O)CC(C)(C)C(=O)O)s2)o1. The van der Waals surface area contributed by atoms with Crippen LogP contribution >= 0.6 is 23.1 Å². The number of rotatable bonds is 8. The van der Waals surface area contributed by atoms with Crippen LogP contribution in [0.4, 0.5) is 5.13 Å². The van der Waals surface area contributed by atoms with Gasteiger partial charge in [-0.25, -0.2) is 9.97 Å². The van der Waals surface area contributed by atoms with Crippen LogP contribution in [0.3, 0.4) is 0 Å². The van der Waals surface area contributed by atoms with E-state index < -0.39 is 11.4 Å². The van der Waals surface area contributed by atoms with E-state index in [0.717, 1.165) is 16.4 Å². The van der Waals surface area contributed by atoms with Crippen LogP contribution in [0.5, 0.6) is 0 Å². The fourth-order valence-electron chi connectivity index (χ4n) is 1.74. The van der Waals surface area contributed by atoms with Crippen molar-refractivity contribution in [1.29, 1.82) is 0 Å². The Bertz CT molecular complexity index is 724. The third-order valence-electron chi connectivity index (χ3n) is 3.20. The van der Waals surface area contributed by atoms with Crippen LogP contribution in [0.15, 0.2) is 21.0 Å². The van der Waals surface area contributed by atoms with Crippen molar-refractivity contribution in [2.24, 2.45) is 5.41 Å². The van der Waals surface area contributed by atoms with Crippen LogP contribution < -0.4 is 5.32 Å². The average Bonchev–Trinajstić information content (AvgIpc) is 3.13. The number of amides is 1. The number of aromatic nitrogens is 2. The number of anilines is 1. The molecule has 0 atom stereocenters. The van der Waals surface area contributed by atoms with Crippen molar-refractivity contribution in [3.05, 3.63) is 24.0 Å². The lowest BCUT2D eigenvalue weighted by molar-refractivity contribution is -0.148. The third kappa shape index (κ3) is 5.07. The summed E-state index contributed by atoms with van der Waals surface area (Å²) in [7, 11) is 0. The second-order valence-electron chi connectivity index (χ2n) is 5.76. The zero-order valence-electron chi connectivity index (χ0n) is 13.7. The standard InChI is InChI=1S/C15H19N3O4S2/c1-4-9-6-16-11(22-9)8-23-12-7-17-14(24-12)18-10(19)5-15(2,3)13(20)21/h6-7H,4-5,8H2,1-3H3,(H,20,21)(H,17,18,19). The molecule has 0 radical (unpaired) electrons. The fourth-order valence-corrected chi connectivity index (χ4v) is 3.48. The Morgan fingerprint density at radius 3 is 2.75 bits per heavy atom. The summed E-state index contributed by atoms with van der Waals surface area (Å²) in [4.78, 5) is 31.3. The number of carbonyl (C=O) groups excluding carboxylic acids is 1. The maximum absolute atomic E-state index is 11.9. The van der Waals surface area contributed by atoms with E-state index in [1.54, 1.807) is 12.4 Å². The van der Waals surface area contributed by atoms with E-state index in [-0.39, 0.29) is 12.3 Å². The first-order chi connectivity index (χ1) is 11.3. The number of carbonyl (C=O) groups is 2. The summed E-state index contributed by atoms with van der Waals surface area (Å²) in [6.45, 7) is 5.03. The molecule has 2 aromatic rings. The quantitative estimate of drug-likeness (QED) is 0.687. The van der Waals surface area contributed by atoms with Gasteiger partial charge in [-0.3, -0.25) is 9.59 Å². The van der Waals surface area contributed by atoms with Crippen LogP contribution in [0.25, 0.3) is 0 Å². The summed E-state index contributed by atoms with van der Waals surface area (Å²) >= 11 is 2.85. The van der Waals surface area contributed by atoms with E-state index in [4.69, 9.17) is 9.52 Å². The zero-order valence-corrected chi connectivity index (χ0v) is 15.3. The van der Waals surface area contributed by atoms with Crippen LogP contribution in [0.1, 0.15) is 38.8 Å². The summed E-state index contributed by atoms with van der Waals surface area (Å²) in [5.74, 6) is 0.712. The van der Waals surface area contributed by atoms with Crippen LogP contribution in [0, 0.1) is 5.41 Å². The minimum absolute atomic E-state index is 0.111. The van der Waals surface area contributed by atoms with Crippen molar-refractivity contribution in [3.8, 4) is 0 Å². The van der Waals surface area contributed by atoms with E-state index in [1.807, 2.05) is 6.92 Å². The second-order valence-corrected chi connectivity index (χ2v) is 8.07. The largest absolute Gasteiger partial charge is 0.481 e. The number of oxazole rings is 1. The minimum atomic E-state index is -1.11. The summed E-state index contributed by atoms with van der Waals surface area (Å²) in [5.41, 5.74) is -1.11. The number of nitrogens with one attached hydrogen (secondary N) is 1. The van der Waals surface area contributed by atoms with Gasteiger partial charge in [-0.05, 0) is 13.8 Å². The number of thiazole rings is 1. The first-order valence-electron chi connectivity index (χ1n) is 7.35. The molecule has 0 bridgehead atoms. The van der Waals surface area contributed by atoms with Gasteiger partial charge in [0.05, 0.1) is 27.8 Å². The molecule has 0 aliphatic rings. The van der Waals surface area contributed by atoms with Gasteiger partial charge in [0.1, 0.15) is 5.76 Å². The minimum Gasteiger partial charge on any atom is -0.481 e. The highest BCUT2D eigenvalue weighted by atomic mass is 32.2. The number of thioether (sulfide) groups is 1. The Morgan fingerprint density at radius 2 is 2.12 bits per heavy atom. The van der Waals surface area contributed by atoms with Gasteiger partial charge in [0.15, 0.2) is 5.13 Å². The Kier molecular flexibility index (Phi) is 6.00. The molecule has 2 N–H and O–H groups in total. The van der Waals surface area contributed by atoms with Gasteiger partial charge in [0, 0.05) is 12.8 Å². The molecule has 0 saturated carbocycles. The summed E-state index contributed by atoms with van der Waals surface area (Å²) in [5, 5.41) is 12.1. The Labute approximate surface area is 147 Å². The molecule has 7 nitrogen and oxygen atoms in total. The average molecular weight is 369 g/mol. The van der Waals surface area contributed by atoms with Crippen LogP contribution in [-0.2, 0) is 21.8 Å². The highest BCUT2D eigenvalue weighted by Gasteiger charge is 2.30. The highest BCUT2D eigenvalue weighted by molar-refractivity contribution is 8.00. The molecular formula is C15H19N3O4S2. The number of carboxylic acids is 1. The number of hydrogen-bond donors (Lipinski definition) is 2. The first-order valence-corrected chi connectivity index (χ1v) is 9.16. The lowest BCUT2D eigenvalue weighted by Gasteiger charge is -2.17. The second kappa shape index (κ2) is 7.80. The summed E-state index contributed by atoms with van der Waals surface area (Å²) in [6.07, 6.45) is 4.08. The predicted octanol–water partition coefficient (Wildman–Crippen LogP) is 3.43. The van der Waals surface area contributed by atoms with Gasteiger partial charge in [0.25, 0.3) is 0 Å². The van der Waals surface area contributed by atoms with Crippen molar-refractivity contribution in [3.63, 3.8) is 0 Å².